The molecule has 0 aromatic rings. The van der Waals surface area contributed by atoms with Gasteiger partial charge < -0.3 is 10.6 Å². The molecule has 4 heteroatoms. The molecule has 0 saturated carbocycles. The van der Waals surface area contributed by atoms with E-state index in [2.05, 4.69) is 43.2 Å². The van der Waals surface area contributed by atoms with E-state index in [0.29, 0.717) is 12.1 Å². The first-order valence-electron chi connectivity index (χ1n) is 7.33. The van der Waals surface area contributed by atoms with E-state index in [4.69, 9.17) is 0 Å². The largest absolute Gasteiger partial charge is 0.354 e. The van der Waals surface area contributed by atoms with Crippen molar-refractivity contribution in [2.75, 3.05) is 26.2 Å². The fourth-order valence-corrected chi connectivity index (χ4v) is 2.74. The first kappa shape index (κ1) is 15.4. The van der Waals surface area contributed by atoms with Crippen LogP contribution in [0.2, 0.25) is 0 Å². The molecular weight excluding hydrogens is 226 g/mol. The summed E-state index contributed by atoms with van der Waals surface area (Å²) >= 11 is 0. The van der Waals surface area contributed by atoms with Crippen LogP contribution in [0.4, 0.5) is 0 Å². The molecular formula is C14H29N3O. The molecule has 1 fully saturated rings. The highest BCUT2D eigenvalue weighted by atomic mass is 16.1. The lowest BCUT2D eigenvalue weighted by atomic mass is 9.92. The summed E-state index contributed by atoms with van der Waals surface area (Å²) in [4.78, 5) is 14.5. The van der Waals surface area contributed by atoms with E-state index < -0.39 is 0 Å². The van der Waals surface area contributed by atoms with Crippen LogP contribution in [0.5, 0.6) is 0 Å². The molecule has 1 amide bonds. The van der Waals surface area contributed by atoms with Crippen molar-refractivity contribution in [3.63, 3.8) is 0 Å². The van der Waals surface area contributed by atoms with Gasteiger partial charge in [-0.25, -0.2) is 0 Å². The molecule has 0 aliphatic carbocycles. The first-order valence-corrected chi connectivity index (χ1v) is 7.33. The topological polar surface area (TPSA) is 44.4 Å². The smallest absolute Gasteiger partial charge is 0.223 e. The first-order chi connectivity index (χ1) is 8.58. The van der Waals surface area contributed by atoms with Gasteiger partial charge in [0.2, 0.25) is 5.91 Å². The zero-order valence-electron chi connectivity index (χ0n) is 12.3. The molecule has 3 atom stereocenters. The van der Waals surface area contributed by atoms with Crippen molar-refractivity contribution < 1.29 is 4.79 Å². The summed E-state index contributed by atoms with van der Waals surface area (Å²) in [5.74, 6) is 0.438. The third-order valence-corrected chi connectivity index (χ3v) is 4.00. The number of piperidine rings is 1. The van der Waals surface area contributed by atoms with E-state index in [1.807, 2.05) is 0 Å². The summed E-state index contributed by atoms with van der Waals surface area (Å²) in [6.07, 6.45) is 1.93. The van der Waals surface area contributed by atoms with E-state index in [1.54, 1.807) is 0 Å². The molecule has 1 unspecified atom stereocenters. The zero-order valence-corrected chi connectivity index (χ0v) is 12.3. The molecule has 0 spiro atoms. The molecule has 2 N–H and O–H groups in total. The lowest BCUT2D eigenvalue weighted by Gasteiger charge is -2.29. The third kappa shape index (κ3) is 4.58. The van der Waals surface area contributed by atoms with Crippen molar-refractivity contribution in [2.45, 2.75) is 52.6 Å². The van der Waals surface area contributed by atoms with Crippen LogP contribution >= 0.6 is 0 Å². The highest BCUT2D eigenvalue weighted by Gasteiger charge is 2.24. The van der Waals surface area contributed by atoms with Gasteiger partial charge in [-0.2, -0.15) is 0 Å². The summed E-state index contributed by atoms with van der Waals surface area (Å²) in [6, 6.07) is 0.887. The van der Waals surface area contributed by atoms with Crippen LogP contribution in [0.25, 0.3) is 0 Å². The normalized spacial score (nSPS) is 26.1. The molecule has 4 nitrogen and oxygen atoms in total. The molecule has 106 valence electrons. The number of nitrogens with zero attached hydrogens (tertiary/aromatic N) is 1. The Morgan fingerprint density at radius 1 is 1.44 bits per heavy atom. The van der Waals surface area contributed by atoms with Crippen molar-refractivity contribution >= 4 is 5.91 Å². The summed E-state index contributed by atoms with van der Waals surface area (Å²) in [6.45, 7) is 12.5. The van der Waals surface area contributed by atoms with Gasteiger partial charge in [-0.05, 0) is 46.3 Å². The lowest BCUT2D eigenvalue weighted by molar-refractivity contribution is -0.126. The third-order valence-electron chi connectivity index (χ3n) is 4.00. The Bertz CT molecular complexity index is 253. The van der Waals surface area contributed by atoms with E-state index in [9.17, 15) is 4.79 Å². The Hall–Kier alpha value is -0.610. The maximum Gasteiger partial charge on any atom is 0.223 e. The quantitative estimate of drug-likeness (QED) is 0.750. The van der Waals surface area contributed by atoms with Gasteiger partial charge in [-0.3, -0.25) is 9.69 Å². The van der Waals surface area contributed by atoms with Crippen LogP contribution in [-0.2, 0) is 4.79 Å². The maximum absolute atomic E-state index is 12.1. The van der Waals surface area contributed by atoms with Gasteiger partial charge in [0, 0.05) is 24.5 Å². The predicted molar refractivity (Wildman–Crippen MR) is 75.6 cm³/mol. The van der Waals surface area contributed by atoms with Gasteiger partial charge in [0.15, 0.2) is 0 Å². The van der Waals surface area contributed by atoms with Crippen molar-refractivity contribution in [1.82, 2.24) is 15.5 Å². The number of carbonyl (C=O) groups is 1. The summed E-state index contributed by atoms with van der Waals surface area (Å²) in [5.41, 5.74) is 0. The minimum Gasteiger partial charge on any atom is -0.354 e. The Balaban J connectivity index is 2.31. The lowest BCUT2D eigenvalue weighted by Crippen LogP contribution is -2.46. The van der Waals surface area contributed by atoms with Crippen LogP contribution in [-0.4, -0.2) is 49.1 Å². The standard InChI is InChI=1S/C14H29N3O/c1-5-17(6-2)12(4)10-16-14(18)13-7-8-15-11(3)9-13/h11-13,15H,5-10H2,1-4H3,(H,16,18)/t11-,12?,13-/m0/s1. The fraction of sp³-hybridized carbons (Fsp3) is 0.929. The second-order valence-corrected chi connectivity index (χ2v) is 5.39. The second-order valence-electron chi connectivity index (χ2n) is 5.39. The van der Waals surface area contributed by atoms with Gasteiger partial charge in [0.05, 0.1) is 0 Å². The van der Waals surface area contributed by atoms with E-state index in [1.165, 1.54) is 0 Å². The molecule has 0 aromatic carbocycles. The van der Waals surface area contributed by atoms with Crippen LogP contribution in [0.3, 0.4) is 0 Å². The van der Waals surface area contributed by atoms with Gasteiger partial charge >= 0.3 is 0 Å². The molecule has 0 bridgehead atoms. The second kappa shape index (κ2) is 7.74. The summed E-state index contributed by atoms with van der Waals surface area (Å²) in [7, 11) is 0. The Kier molecular flexibility index (Phi) is 6.65. The fourth-order valence-electron chi connectivity index (χ4n) is 2.74. The highest BCUT2D eigenvalue weighted by molar-refractivity contribution is 5.78. The number of hydrogen-bond acceptors (Lipinski definition) is 3. The molecule has 1 saturated heterocycles. The van der Waals surface area contributed by atoms with Gasteiger partial charge in [-0.15, -0.1) is 0 Å². The van der Waals surface area contributed by atoms with Crippen LogP contribution in [0.15, 0.2) is 0 Å². The van der Waals surface area contributed by atoms with Gasteiger partial charge in [-0.1, -0.05) is 13.8 Å². The van der Waals surface area contributed by atoms with Crippen LogP contribution in [0, 0.1) is 5.92 Å². The molecule has 1 aliphatic rings. The number of rotatable bonds is 6. The highest BCUT2D eigenvalue weighted by Crippen LogP contribution is 2.15. The zero-order chi connectivity index (χ0) is 13.5. The summed E-state index contributed by atoms with van der Waals surface area (Å²) in [5, 5.41) is 6.49. The molecule has 18 heavy (non-hydrogen) atoms. The molecule has 0 radical (unpaired) electrons. The van der Waals surface area contributed by atoms with Crippen molar-refractivity contribution in [3.05, 3.63) is 0 Å². The number of nitrogens with one attached hydrogen (secondary N) is 2. The average Bonchev–Trinajstić information content (AvgIpc) is 2.37. The van der Waals surface area contributed by atoms with Gasteiger partial charge in [0.1, 0.15) is 0 Å². The Morgan fingerprint density at radius 3 is 2.67 bits per heavy atom. The van der Waals surface area contributed by atoms with E-state index in [-0.39, 0.29) is 11.8 Å². The Labute approximate surface area is 111 Å². The number of carbonyl (C=O) groups excluding carboxylic acids is 1. The maximum atomic E-state index is 12.1. The van der Waals surface area contributed by atoms with Crippen molar-refractivity contribution in [2.24, 2.45) is 5.92 Å². The number of amides is 1. The van der Waals surface area contributed by atoms with Crippen molar-refractivity contribution in [1.29, 1.82) is 0 Å². The monoisotopic (exact) mass is 255 g/mol. The van der Waals surface area contributed by atoms with Crippen molar-refractivity contribution in [3.8, 4) is 0 Å². The minimum absolute atomic E-state index is 0.199. The minimum atomic E-state index is 0.199. The van der Waals surface area contributed by atoms with E-state index in [0.717, 1.165) is 39.0 Å². The molecule has 1 heterocycles. The molecule has 0 aromatic heterocycles. The predicted octanol–water partition coefficient (Wildman–Crippen LogP) is 1.22. The van der Waals surface area contributed by atoms with Crippen LogP contribution in [0.1, 0.15) is 40.5 Å². The average molecular weight is 255 g/mol. The molecule has 1 rings (SSSR count). The number of hydrogen-bond donors (Lipinski definition) is 2. The van der Waals surface area contributed by atoms with Gasteiger partial charge in [0.25, 0.3) is 0 Å². The Morgan fingerprint density at radius 2 is 2.11 bits per heavy atom. The van der Waals surface area contributed by atoms with E-state index >= 15 is 0 Å². The SMILES string of the molecule is CCN(CC)C(C)CNC(=O)[C@H]1CCN[C@@H](C)C1. The molecule has 1 aliphatic heterocycles. The van der Waals surface area contributed by atoms with Crippen LogP contribution < -0.4 is 10.6 Å². The summed E-state index contributed by atoms with van der Waals surface area (Å²) < 4.78 is 0. The number of likely N-dealkylation sites (N-methyl/N-ethyl adjacent to an activating group) is 1.